The number of aromatic nitrogens is 3. The molecule has 2 aromatic heterocycles. The predicted molar refractivity (Wildman–Crippen MR) is 59.3 cm³/mol. The molecule has 2 heterocycles. The van der Waals surface area contributed by atoms with Crippen LogP contribution in [0.25, 0.3) is 22.0 Å². The zero-order valence-corrected chi connectivity index (χ0v) is 8.01. The van der Waals surface area contributed by atoms with Crippen molar-refractivity contribution in [2.75, 3.05) is 0 Å². The van der Waals surface area contributed by atoms with Gasteiger partial charge in [0.1, 0.15) is 6.33 Å². The maximum atomic E-state index is 4.03. The van der Waals surface area contributed by atoms with Crippen molar-refractivity contribution in [3.05, 3.63) is 49.2 Å². The average molecular weight is 195 g/mol. The first-order valence-electron chi connectivity index (χ1n) is 4.76. The summed E-state index contributed by atoms with van der Waals surface area (Å²) in [6, 6.07) is 8.25. The van der Waals surface area contributed by atoms with Crippen LogP contribution in [0.4, 0.5) is 0 Å². The Labute approximate surface area is 86.8 Å². The van der Waals surface area contributed by atoms with Gasteiger partial charge in [-0.3, -0.25) is 0 Å². The van der Waals surface area contributed by atoms with E-state index in [1.54, 1.807) is 6.33 Å². The van der Waals surface area contributed by atoms with E-state index in [4.69, 9.17) is 0 Å². The van der Waals surface area contributed by atoms with Gasteiger partial charge in [0.05, 0.1) is 5.52 Å². The van der Waals surface area contributed by atoms with Crippen molar-refractivity contribution in [1.29, 1.82) is 0 Å². The van der Waals surface area contributed by atoms with Crippen LogP contribution in [-0.4, -0.2) is 15.0 Å². The number of fused-ring (bicyclic) bond motifs is 1. The van der Waals surface area contributed by atoms with E-state index in [0.29, 0.717) is 0 Å². The number of benzene rings is 1. The van der Waals surface area contributed by atoms with Crippen molar-refractivity contribution in [2.24, 2.45) is 0 Å². The molecule has 0 fully saturated rings. The Morgan fingerprint density at radius 2 is 1.87 bits per heavy atom. The van der Waals surface area contributed by atoms with Crippen LogP contribution >= 0.6 is 0 Å². The largest absolute Gasteiger partial charge is 0.361 e. The number of aromatic amines is 1. The number of nitrogens with one attached hydrogen (secondary N) is 1. The van der Waals surface area contributed by atoms with E-state index in [2.05, 4.69) is 33.2 Å². The maximum Gasteiger partial charge on any atom is 0.115 e. The van der Waals surface area contributed by atoms with E-state index in [9.17, 15) is 0 Å². The fraction of sp³-hybridized carbons (Fsp3) is 0. The van der Waals surface area contributed by atoms with E-state index < -0.39 is 0 Å². The summed E-state index contributed by atoms with van der Waals surface area (Å²) in [6.07, 6.45) is 7.13. The number of rotatable bonds is 1. The van der Waals surface area contributed by atoms with E-state index in [1.807, 2.05) is 24.7 Å². The second-order valence-corrected chi connectivity index (χ2v) is 3.37. The lowest BCUT2D eigenvalue weighted by atomic mass is 10.1. The van der Waals surface area contributed by atoms with E-state index in [-0.39, 0.29) is 0 Å². The lowest BCUT2D eigenvalue weighted by molar-refractivity contribution is 1.17. The average Bonchev–Trinajstić information content (AvgIpc) is 2.78. The van der Waals surface area contributed by atoms with Crippen molar-refractivity contribution in [2.45, 2.75) is 0 Å². The molecule has 0 aliphatic carbocycles. The fourth-order valence-corrected chi connectivity index (χ4v) is 1.76. The fourth-order valence-electron chi connectivity index (χ4n) is 1.76. The summed E-state index contributed by atoms with van der Waals surface area (Å²) in [5.41, 5.74) is 3.30. The first-order valence-corrected chi connectivity index (χ1v) is 4.76. The molecule has 1 aromatic carbocycles. The number of hydrogen-bond donors (Lipinski definition) is 1. The number of hydrogen-bond acceptors (Lipinski definition) is 2. The molecule has 72 valence electrons. The second kappa shape index (κ2) is 3.20. The van der Waals surface area contributed by atoms with Crippen LogP contribution < -0.4 is 0 Å². The Bertz CT molecular complexity index is 584. The normalized spacial score (nSPS) is 10.7. The van der Waals surface area contributed by atoms with Crippen LogP contribution in [0.3, 0.4) is 0 Å². The highest BCUT2D eigenvalue weighted by Crippen LogP contribution is 2.25. The number of H-pyrrole nitrogens is 1. The molecule has 0 saturated heterocycles. The van der Waals surface area contributed by atoms with Crippen LogP contribution in [0.2, 0.25) is 0 Å². The van der Waals surface area contributed by atoms with Crippen molar-refractivity contribution in [3.8, 4) is 11.1 Å². The zero-order chi connectivity index (χ0) is 10.1. The lowest BCUT2D eigenvalue weighted by Gasteiger charge is -2.01. The van der Waals surface area contributed by atoms with Gasteiger partial charge in [0.25, 0.3) is 0 Å². The van der Waals surface area contributed by atoms with Gasteiger partial charge in [0.2, 0.25) is 0 Å². The highest BCUT2D eigenvalue weighted by Gasteiger charge is 2.03. The van der Waals surface area contributed by atoms with Gasteiger partial charge in [0.15, 0.2) is 0 Å². The third kappa shape index (κ3) is 1.29. The Morgan fingerprint density at radius 3 is 2.73 bits per heavy atom. The minimum Gasteiger partial charge on any atom is -0.361 e. The maximum absolute atomic E-state index is 4.03. The minimum atomic E-state index is 1.03. The molecular weight excluding hydrogens is 186 g/mol. The van der Waals surface area contributed by atoms with E-state index >= 15 is 0 Å². The Morgan fingerprint density at radius 1 is 1.00 bits per heavy atom. The molecule has 0 atom stereocenters. The standard InChI is InChI=1S/C12H9N3/c1-2-9-4-5-15-12(9)11(3-1)10-6-13-8-14-7-10/h1-8,15H. The highest BCUT2D eigenvalue weighted by atomic mass is 14.8. The first-order chi connectivity index (χ1) is 7.45. The molecular formula is C12H9N3. The molecule has 0 amide bonds. The molecule has 0 bridgehead atoms. The summed E-state index contributed by atoms with van der Waals surface area (Å²) in [5.74, 6) is 0. The van der Waals surface area contributed by atoms with Gasteiger partial charge in [-0.2, -0.15) is 0 Å². The summed E-state index contributed by atoms with van der Waals surface area (Å²) in [6.45, 7) is 0. The predicted octanol–water partition coefficient (Wildman–Crippen LogP) is 2.62. The Balaban J connectivity index is 2.31. The molecule has 0 spiro atoms. The summed E-state index contributed by atoms with van der Waals surface area (Å²) >= 11 is 0. The van der Waals surface area contributed by atoms with Gasteiger partial charge in [-0.15, -0.1) is 0 Å². The third-order valence-corrected chi connectivity index (χ3v) is 2.46. The summed E-state index contributed by atoms with van der Waals surface area (Å²) in [5, 5.41) is 1.20. The molecule has 3 heteroatoms. The first kappa shape index (κ1) is 8.17. The van der Waals surface area contributed by atoms with Gasteiger partial charge in [-0.25, -0.2) is 9.97 Å². The van der Waals surface area contributed by atoms with Gasteiger partial charge >= 0.3 is 0 Å². The molecule has 0 unspecified atom stereocenters. The molecule has 0 radical (unpaired) electrons. The van der Waals surface area contributed by atoms with Crippen LogP contribution in [0.15, 0.2) is 49.2 Å². The van der Waals surface area contributed by atoms with Gasteiger partial charge < -0.3 is 4.98 Å². The van der Waals surface area contributed by atoms with Gasteiger partial charge in [0, 0.05) is 29.7 Å². The van der Waals surface area contributed by atoms with E-state index in [1.165, 1.54) is 5.39 Å². The van der Waals surface area contributed by atoms with Crippen LogP contribution in [0.1, 0.15) is 0 Å². The molecule has 3 aromatic rings. The molecule has 0 aliphatic rings. The Hall–Kier alpha value is -2.16. The third-order valence-electron chi connectivity index (χ3n) is 2.46. The summed E-state index contributed by atoms with van der Waals surface area (Å²) in [7, 11) is 0. The SMILES string of the molecule is c1cc(-c2cncnc2)c2[nH]ccc2c1. The summed E-state index contributed by atoms with van der Waals surface area (Å²) < 4.78 is 0. The van der Waals surface area contributed by atoms with Gasteiger partial charge in [-0.05, 0) is 11.5 Å². The van der Waals surface area contributed by atoms with Gasteiger partial charge in [-0.1, -0.05) is 18.2 Å². The highest BCUT2D eigenvalue weighted by molar-refractivity contribution is 5.93. The van der Waals surface area contributed by atoms with Crippen molar-refractivity contribution in [1.82, 2.24) is 15.0 Å². The molecule has 0 saturated carbocycles. The van der Waals surface area contributed by atoms with Crippen molar-refractivity contribution in [3.63, 3.8) is 0 Å². The molecule has 3 rings (SSSR count). The number of para-hydroxylation sites is 1. The van der Waals surface area contributed by atoms with Crippen LogP contribution in [0, 0.1) is 0 Å². The van der Waals surface area contributed by atoms with Crippen molar-refractivity contribution >= 4 is 10.9 Å². The smallest absolute Gasteiger partial charge is 0.115 e. The van der Waals surface area contributed by atoms with Crippen molar-refractivity contribution < 1.29 is 0 Å². The molecule has 3 nitrogen and oxygen atoms in total. The number of nitrogens with zero attached hydrogens (tertiary/aromatic N) is 2. The quantitative estimate of drug-likeness (QED) is 0.648. The van der Waals surface area contributed by atoms with Crippen LogP contribution in [0.5, 0.6) is 0 Å². The minimum absolute atomic E-state index is 1.03. The Kier molecular flexibility index (Phi) is 1.75. The van der Waals surface area contributed by atoms with Crippen LogP contribution in [-0.2, 0) is 0 Å². The molecule has 0 aliphatic heterocycles. The second-order valence-electron chi connectivity index (χ2n) is 3.37. The lowest BCUT2D eigenvalue weighted by Crippen LogP contribution is -1.83. The monoisotopic (exact) mass is 195 g/mol. The van der Waals surface area contributed by atoms with E-state index in [0.717, 1.165) is 16.6 Å². The zero-order valence-electron chi connectivity index (χ0n) is 8.01. The molecule has 1 N–H and O–H groups in total. The summed E-state index contributed by atoms with van der Waals surface area (Å²) in [4.78, 5) is 11.3. The topological polar surface area (TPSA) is 41.6 Å². The molecule has 15 heavy (non-hydrogen) atoms.